The predicted molar refractivity (Wildman–Crippen MR) is 85.3 cm³/mol. The van der Waals surface area contributed by atoms with Crippen LogP contribution in [0.1, 0.15) is 5.56 Å². The van der Waals surface area contributed by atoms with Crippen molar-refractivity contribution in [2.45, 2.75) is 0 Å². The number of nitriles is 1. The average molecular weight is 269 g/mol. The summed E-state index contributed by atoms with van der Waals surface area (Å²) in [7, 11) is 0. The second-order valence-corrected chi connectivity index (χ2v) is 5.16. The van der Waals surface area contributed by atoms with Crippen molar-refractivity contribution in [2.24, 2.45) is 0 Å². The van der Waals surface area contributed by atoms with E-state index in [0.717, 1.165) is 32.3 Å². The number of hydrogen-bond acceptors (Lipinski definition) is 2. The molecule has 0 unspecified atom stereocenters. The van der Waals surface area contributed by atoms with Crippen molar-refractivity contribution in [1.82, 2.24) is 0 Å². The number of rotatable bonds is 0. The van der Waals surface area contributed by atoms with Crippen LogP contribution in [0.25, 0.3) is 32.3 Å². The largest absolute Gasteiger partial charge is 0.507 e. The Morgan fingerprint density at radius 3 is 2.29 bits per heavy atom. The van der Waals surface area contributed by atoms with E-state index in [0.29, 0.717) is 11.3 Å². The standard InChI is InChI=1S/C19H11NO/c20-11-14-6-3-5-13-9-18-15(10-17(13)14)8-12-4-1-2-7-16(12)19(18)21/h1-10,21H. The van der Waals surface area contributed by atoms with E-state index in [2.05, 4.69) is 12.1 Å². The lowest BCUT2D eigenvalue weighted by atomic mass is 9.97. The molecule has 0 fully saturated rings. The maximum absolute atomic E-state index is 10.5. The molecule has 98 valence electrons. The Bertz CT molecular complexity index is 1060. The van der Waals surface area contributed by atoms with E-state index >= 15 is 0 Å². The highest BCUT2D eigenvalue weighted by Crippen LogP contribution is 2.36. The van der Waals surface area contributed by atoms with Crippen molar-refractivity contribution in [3.63, 3.8) is 0 Å². The fourth-order valence-electron chi connectivity index (χ4n) is 2.92. The molecule has 0 bridgehead atoms. The van der Waals surface area contributed by atoms with E-state index in [-0.39, 0.29) is 0 Å². The molecule has 21 heavy (non-hydrogen) atoms. The van der Waals surface area contributed by atoms with Gasteiger partial charge in [0.25, 0.3) is 0 Å². The number of phenols is 1. The van der Waals surface area contributed by atoms with Gasteiger partial charge in [-0.3, -0.25) is 0 Å². The lowest BCUT2D eigenvalue weighted by Crippen LogP contribution is -1.83. The third-order valence-electron chi connectivity index (χ3n) is 3.95. The maximum atomic E-state index is 10.5. The van der Waals surface area contributed by atoms with Crippen LogP contribution in [-0.2, 0) is 0 Å². The molecule has 0 aromatic heterocycles. The van der Waals surface area contributed by atoms with Crippen molar-refractivity contribution in [2.75, 3.05) is 0 Å². The predicted octanol–water partition coefficient (Wildman–Crippen LogP) is 4.72. The average Bonchev–Trinajstić information content (AvgIpc) is 2.53. The van der Waals surface area contributed by atoms with Crippen LogP contribution >= 0.6 is 0 Å². The quantitative estimate of drug-likeness (QED) is 0.469. The van der Waals surface area contributed by atoms with Crippen LogP contribution in [-0.4, -0.2) is 5.11 Å². The molecule has 0 radical (unpaired) electrons. The van der Waals surface area contributed by atoms with Gasteiger partial charge < -0.3 is 5.11 Å². The highest BCUT2D eigenvalue weighted by molar-refractivity contribution is 6.10. The summed E-state index contributed by atoms with van der Waals surface area (Å²) in [5.41, 5.74) is 0.655. The van der Waals surface area contributed by atoms with Crippen LogP contribution in [0.4, 0.5) is 0 Å². The first-order valence-electron chi connectivity index (χ1n) is 6.75. The Kier molecular flexibility index (Phi) is 2.36. The van der Waals surface area contributed by atoms with E-state index < -0.39 is 0 Å². The Balaban J connectivity index is 2.24. The van der Waals surface area contributed by atoms with Gasteiger partial charge in [0.2, 0.25) is 0 Å². The number of aromatic hydroxyl groups is 1. The molecule has 0 aliphatic carbocycles. The molecule has 2 heteroatoms. The zero-order chi connectivity index (χ0) is 14.4. The monoisotopic (exact) mass is 269 g/mol. The minimum absolute atomic E-state index is 0.298. The molecule has 0 atom stereocenters. The number of fused-ring (bicyclic) bond motifs is 3. The molecular formula is C19H11NO. The van der Waals surface area contributed by atoms with Gasteiger partial charge in [-0.05, 0) is 40.4 Å². The molecule has 0 aliphatic rings. The van der Waals surface area contributed by atoms with Gasteiger partial charge in [-0.2, -0.15) is 5.26 Å². The van der Waals surface area contributed by atoms with Crippen molar-refractivity contribution in [3.8, 4) is 11.8 Å². The van der Waals surface area contributed by atoms with Crippen molar-refractivity contribution < 1.29 is 5.11 Å². The fraction of sp³-hybridized carbons (Fsp3) is 0. The highest BCUT2D eigenvalue weighted by atomic mass is 16.3. The fourth-order valence-corrected chi connectivity index (χ4v) is 2.92. The normalized spacial score (nSPS) is 11.0. The van der Waals surface area contributed by atoms with E-state index in [4.69, 9.17) is 0 Å². The summed E-state index contributed by atoms with van der Waals surface area (Å²) in [5, 5.41) is 25.3. The van der Waals surface area contributed by atoms with Gasteiger partial charge in [-0.1, -0.05) is 36.4 Å². The van der Waals surface area contributed by atoms with E-state index in [1.54, 1.807) is 0 Å². The van der Waals surface area contributed by atoms with Gasteiger partial charge in [-0.15, -0.1) is 0 Å². The molecule has 0 saturated heterocycles. The first-order chi connectivity index (χ1) is 10.3. The molecule has 0 aliphatic heterocycles. The molecule has 4 aromatic carbocycles. The third kappa shape index (κ3) is 1.65. The van der Waals surface area contributed by atoms with Gasteiger partial charge in [0.15, 0.2) is 0 Å². The molecule has 0 spiro atoms. The van der Waals surface area contributed by atoms with Gasteiger partial charge in [0, 0.05) is 16.2 Å². The number of benzene rings is 4. The second kappa shape index (κ2) is 4.22. The molecule has 0 amide bonds. The summed E-state index contributed by atoms with van der Waals surface area (Å²) in [6.45, 7) is 0. The van der Waals surface area contributed by atoms with Crippen LogP contribution < -0.4 is 0 Å². The molecule has 0 heterocycles. The molecule has 2 nitrogen and oxygen atoms in total. The van der Waals surface area contributed by atoms with Crippen molar-refractivity contribution in [1.29, 1.82) is 5.26 Å². The zero-order valence-electron chi connectivity index (χ0n) is 11.2. The molecule has 0 saturated carbocycles. The number of phenolic OH excluding ortho intramolecular Hbond substituents is 1. The lowest BCUT2D eigenvalue weighted by Gasteiger charge is -2.08. The summed E-state index contributed by atoms with van der Waals surface area (Å²) < 4.78 is 0. The van der Waals surface area contributed by atoms with Crippen LogP contribution in [0.3, 0.4) is 0 Å². The van der Waals surface area contributed by atoms with Gasteiger partial charge in [-0.25, -0.2) is 0 Å². The minimum atomic E-state index is 0.298. The third-order valence-corrected chi connectivity index (χ3v) is 3.95. The van der Waals surface area contributed by atoms with Gasteiger partial charge >= 0.3 is 0 Å². The summed E-state index contributed by atoms with van der Waals surface area (Å²) in [6, 6.07) is 21.6. The van der Waals surface area contributed by atoms with Crippen LogP contribution in [0.2, 0.25) is 0 Å². The second-order valence-electron chi connectivity index (χ2n) is 5.16. The van der Waals surface area contributed by atoms with E-state index in [1.165, 1.54) is 0 Å². The smallest absolute Gasteiger partial charge is 0.131 e. The molecular weight excluding hydrogens is 258 g/mol. The summed E-state index contributed by atoms with van der Waals surface area (Å²) in [5.74, 6) is 0.298. The Morgan fingerprint density at radius 2 is 1.43 bits per heavy atom. The SMILES string of the molecule is N#Cc1cccc2cc3c(O)c4ccccc4cc3cc12. The molecule has 4 aromatic rings. The summed E-state index contributed by atoms with van der Waals surface area (Å²) in [4.78, 5) is 0. The lowest BCUT2D eigenvalue weighted by molar-refractivity contribution is 0.488. The van der Waals surface area contributed by atoms with Crippen molar-refractivity contribution in [3.05, 3.63) is 66.2 Å². The maximum Gasteiger partial charge on any atom is 0.131 e. The first-order valence-corrected chi connectivity index (χ1v) is 6.75. The zero-order valence-corrected chi connectivity index (χ0v) is 11.2. The Hall–Kier alpha value is -3.05. The number of hydrogen-bond donors (Lipinski definition) is 1. The Labute approximate surface area is 121 Å². The molecule has 4 rings (SSSR count). The van der Waals surface area contributed by atoms with Crippen molar-refractivity contribution >= 4 is 32.3 Å². The van der Waals surface area contributed by atoms with Crippen LogP contribution in [0.15, 0.2) is 60.7 Å². The number of nitrogens with zero attached hydrogens (tertiary/aromatic N) is 1. The first kappa shape index (κ1) is 11.7. The van der Waals surface area contributed by atoms with Crippen LogP contribution in [0.5, 0.6) is 5.75 Å². The van der Waals surface area contributed by atoms with Gasteiger partial charge in [0.05, 0.1) is 11.6 Å². The van der Waals surface area contributed by atoms with Gasteiger partial charge in [0.1, 0.15) is 5.75 Å². The highest BCUT2D eigenvalue weighted by Gasteiger charge is 2.09. The topological polar surface area (TPSA) is 44.0 Å². The van der Waals surface area contributed by atoms with E-state index in [1.807, 2.05) is 54.6 Å². The van der Waals surface area contributed by atoms with Crippen LogP contribution in [0, 0.1) is 11.3 Å². The van der Waals surface area contributed by atoms with E-state index in [9.17, 15) is 10.4 Å². The minimum Gasteiger partial charge on any atom is -0.507 e. The Morgan fingerprint density at radius 1 is 0.714 bits per heavy atom. The molecule has 1 N–H and O–H groups in total. The summed E-state index contributed by atoms with van der Waals surface area (Å²) >= 11 is 0. The summed E-state index contributed by atoms with van der Waals surface area (Å²) in [6.07, 6.45) is 0.